The minimum absolute atomic E-state index is 0.0295. The van der Waals surface area contributed by atoms with Crippen LogP contribution < -0.4 is 4.90 Å². The zero-order chi connectivity index (χ0) is 17.1. The number of fused-ring (bicyclic) bond motifs is 1. The number of thiophene rings is 1. The largest absolute Gasteiger partial charge is 0.309 e. The monoisotopic (exact) mass is 423 g/mol. The van der Waals surface area contributed by atoms with Crippen LogP contribution in [0.25, 0.3) is 10.2 Å². The molecule has 0 aliphatic heterocycles. The van der Waals surface area contributed by atoms with E-state index in [4.69, 9.17) is 0 Å². The molecule has 0 fully saturated rings. The van der Waals surface area contributed by atoms with Crippen molar-refractivity contribution < 1.29 is 4.79 Å². The van der Waals surface area contributed by atoms with E-state index in [1.165, 1.54) is 11.3 Å². The zero-order valence-electron chi connectivity index (χ0n) is 13.5. The van der Waals surface area contributed by atoms with Gasteiger partial charge in [0.2, 0.25) is 0 Å². The van der Waals surface area contributed by atoms with E-state index in [0.29, 0.717) is 6.54 Å². The summed E-state index contributed by atoms with van der Waals surface area (Å²) in [5.74, 6) is 0.0295. The van der Waals surface area contributed by atoms with Gasteiger partial charge in [-0.3, -0.25) is 9.69 Å². The van der Waals surface area contributed by atoms with E-state index < -0.39 is 0 Å². The summed E-state index contributed by atoms with van der Waals surface area (Å²) in [6, 6.07) is 9.78. The first-order chi connectivity index (χ1) is 11.5. The Kier molecular flexibility index (Phi) is 5.65. The molecule has 0 saturated carbocycles. The topological polar surface area (TPSA) is 36.4 Å². The van der Waals surface area contributed by atoms with Crippen LogP contribution in [0.5, 0.6) is 0 Å². The lowest BCUT2D eigenvalue weighted by Gasteiger charge is -2.20. The van der Waals surface area contributed by atoms with Crippen LogP contribution in [0.3, 0.4) is 0 Å². The van der Waals surface area contributed by atoms with Gasteiger partial charge in [-0.2, -0.15) is 0 Å². The SMILES string of the molecule is CN(C)CCCN(C(=O)c1cccs1)c1nc2ccc(Br)cc2s1. The van der Waals surface area contributed by atoms with Crippen molar-refractivity contribution in [3.05, 3.63) is 45.1 Å². The molecule has 24 heavy (non-hydrogen) atoms. The first-order valence-electron chi connectivity index (χ1n) is 7.61. The number of rotatable bonds is 6. The lowest BCUT2D eigenvalue weighted by Crippen LogP contribution is -2.32. The highest BCUT2D eigenvalue weighted by molar-refractivity contribution is 9.10. The number of thiazole rings is 1. The highest BCUT2D eigenvalue weighted by Crippen LogP contribution is 2.32. The van der Waals surface area contributed by atoms with E-state index in [1.54, 1.807) is 11.3 Å². The molecular weight excluding hydrogens is 406 g/mol. The molecule has 3 aromatic rings. The van der Waals surface area contributed by atoms with Gasteiger partial charge in [0.15, 0.2) is 5.13 Å². The Balaban J connectivity index is 1.91. The smallest absolute Gasteiger partial charge is 0.270 e. The summed E-state index contributed by atoms with van der Waals surface area (Å²) in [6.45, 7) is 1.60. The number of amides is 1. The minimum Gasteiger partial charge on any atom is -0.309 e. The molecule has 3 rings (SSSR count). The van der Waals surface area contributed by atoms with Crippen molar-refractivity contribution in [1.29, 1.82) is 0 Å². The predicted molar refractivity (Wildman–Crippen MR) is 106 cm³/mol. The Bertz CT molecular complexity index is 830. The number of carbonyl (C=O) groups is 1. The van der Waals surface area contributed by atoms with Gasteiger partial charge < -0.3 is 4.90 Å². The maximum atomic E-state index is 12.9. The molecule has 7 heteroatoms. The zero-order valence-corrected chi connectivity index (χ0v) is 16.7. The molecule has 0 unspecified atom stereocenters. The summed E-state index contributed by atoms with van der Waals surface area (Å²) in [6.07, 6.45) is 0.906. The van der Waals surface area contributed by atoms with Crippen molar-refractivity contribution >= 4 is 59.9 Å². The first kappa shape index (κ1) is 17.5. The number of halogens is 1. The number of hydrogen-bond donors (Lipinski definition) is 0. The summed E-state index contributed by atoms with van der Waals surface area (Å²) >= 11 is 6.52. The van der Waals surface area contributed by atoms with Gasteiger partial charge in [-0.1, -0.05) is 33.3 Å². The maximum absolute atomic E-state index is 12.9. The van der Waals surface area contributed by atoms with Crippen LogP contribution in [0, 0.1) is 0 Å². The Labute approximate surface area is 157 Å². The van der Waals surface area contributed by atoms with Gasteiger partial charge in [-0.05, 0) is 56.7 Å². The van der Waals surface area contributed by atoms with Crippen LogP contribution in [0.2, 0.25) is 0 Å². The van der Waals surface area contributed by atoms with Crippen LogP contribution in [0.1, 0.15) is 16.1 Å². The van der Waals surface area contributed by atoms with Crippen molar-refractivity contribution in [2.75, 3.05) is 32.1 Å². The van der Waals surface area contributed by atoms with Gasteiger partial charge in [0.05, 0.1) is 15.1 Å². The van der Waals surface area contributed by atoms with Crippen molar-refractivity contribution in [2.45, 2.75) is 6.42 Å². The molecule has 1 aromatic carbocycles. The van der Waals surface area contributed by atoms with Crippen LogP contribution >= 0.6 is 38.6 Å². The first-order valence-corrected chi connectivity index (χ1v) is 10.1. The van der Waals surface area contributed by atoms with E-state index in [-0.39, 0.29) is 5.91 Å². The third-order valence-corrected chi connectivity index (χ3v) is 5.93. The molecule has 0 spiro atoms. The maximum Gasteiger partial charge on any atom is 0.270 e. The number of hydrogen-bond acceptors (Lipinski definition) is 5. The Morgan fingerprint density at radius 3 is 2.79 bits per heavy atom. The average molecular weight is 424 g/mol. The van der Waals surface area contributed by atoms with Gasteiger partial charge in [0.1, 0.15) is 0 Å². The number of anilines is 1. The van der Waals surface area contributed by atoms with E-state index in [9.17, 15) is 4.79 Å². The van der Waals surface area contributed by atoms with Crippen molar-refractivity contribution in [2.24, 2.45) is 0 Å². The van der Waals surface area contributed by atoms with Crippen LogP contribution in [0.15, 0.2) is 40.2 Å². The molecule has 126 valence electrons. The fourth-order valence-electron chi connectivity index (χ4n) is 2.36. The molecule has 0 aliphatic carbocycles. The number of benzene rings is 1. The summed E-state index contributed by atoms with van der Waals surface area (Å²) in [5.41, 5.74) is 0.926. The van der Waals surface area contributed by atoms with E-state index in [2.05, 4.69) is 25.8 Å². The van der Waals surface area contributed by atoms with Gasteiger partial charge >= 0.3 is 0 Å². The Morgan fingerprint density at radius 2 is 2.08 bits per heavy atom. The van der Waals surface area contributed by atoms with Gasteiger partial charge in [0.25, 0.3) is 5.91 Å². The second-order valence-electron chi connectivity index (χ2n) is 5.70. The molecule has 2 aromatic heterocycles. The lowest BCUT2D eigenvalue weighted by atomic mass is 10.3. The van der Waals surface area contributed by atoms with Crippen LogP contribution in [-0.4, -0.2) is 43.0 Å². The highest BCUT2D eigenvalue weighted by atomic mass is 79.9. The molecule has 0 saturated heterocycles. The summed E-state index contributed by atoms with van der Waals surface area (Å²) in [5, 5.41) is 2.70. The summed E-state index contributed by atoms with van der Waals surface area (Å²) in [7, 11) is 4.08. The second kappa shape index (κ2) is 7.74. The quantitative estimate of drug-likeness (QED) is 0.575. The number of aromatic nitrogens is 1. The standard InChI is InChI=1S/C17H18BrN3OS2/c1-20(2)8-4-9-21(16(22)14-5-3-10-23-14)17-19-13-7-6-12(18)11-15(13)24-17/h3,5-7,10-11H,4,8-9H2,1-2H3. The van der Waals surface area contributed by atoms with Gasteiger partial charge in [-0.25, -0.2) is 4.98 Å². The normalized spacial score (nSPS) is 11.3. The fraction of sp³-hybridized carbons (Fsp3) is 0.294. The average Bonchev–Trinajstić information content (AvgIpc) is 3.19. The molecule has 1 amide bonds. The van der Waals surface area contributed by atoms with Crippen molar-refractivity contribution in [3.63, 3.8) is 0 Å². The number of carbonyl (C=O) groups excluding carboxylic acids is 1. The molecule has 0 aliphatic rings. The molecule has 0 atom stereocenters. The third kappa shape index (κ3) is 4.03. The molecule has 0 bridgehead atoms. The molecule has 0 radical (unpaired) electrons. The van der Waals surface area contributed by atoms with E-state index >= 15 is 0 Å². The lowest BCUT2D eigenvalue weighted by molar-refractivity contribution is 0.0990. The molecule has 0 N–H and O–H groups in total. The Hall–Kier alpha value is -1.28. The van der Waals surface area contributed by atoms with Gasteiger partial charge in [-0.15, -0.1) is 11.3 Å². The predicted octanol–water partition coefficient (Wildman–Crippen LogP) is 4.72. The minimum atomic E-state index is 0.0295. The van der Waals surface area contributed by atoms with Gasteiger partial charge in [0, 0.05) is 11.0 Å². The molecule has 4 nitrogen and oxygen atoms in total. The number of nitrogens with zero attached hydrogens (tertiary/aromatic N) is 3. The van der Waals surface area contributed by atoms with Crippen LogP contribution in [-0.2, 0) is 0 Å². The fourth-order valence-corrected chi connectivity index (χ4v) is 4.58. The molecular formula is C17H18BrN3OS2. The highest BCUT2D eigenvalue weighted by Gasteiger charge is 2.21. The summed E-state index contributed by atoms with van der Waals surface area (Å²) < 4.78 is 2.10. The van der Waals surface area contributed by atoms with E-state index in [0.717, 1.165) is 37.7 Å². The Morgan fingerprint density at radius 1 is 1.25 bits per heavy atom. The third-order valence-electron chi connectivity index (χ3n) is 3.53. The van der Waals surface area contributed by atoms with Crippen molar-refractivity contribution in [1.82, 2.24) is 9.88 Å². The second-order valence-corrected chi connectivity index (χ2v) is 8.57. The summed E-state index contributed by atoms with van der Waals surface area (Å²) in [4.78, 5) is 22.3. The van der Waals surface area contributed by atoms with E-state index in [1.807, 2.05) is 54.7 Å². The van der Waals surface area contributed by atoms with Crippen molar-refractivity contribution in [3.8, 4) is 0 Å². The van der Waals surface area contributed by atoms with Crippen LogP contribution in [0.4, 0.5) is 5.13 Å². The molecule has 2 heterocycles.